The van der Waals surface area contributed by atoms with Crippen LogP contribution in [0.4, 0.5) is 10.5 Å². The summed E-state index contributed by atoms with van der Waals surface area (Å²) in [5.41, 5.74) is 1.01. The molecule has 4 heteroatoms. The summed E-state index contributed by atoms with van der Waals surface area (Å²) in [6.45, 7) is 9.16. The van der Waals surface area contributed by atoms with Gasteiger partial charge in [-0.05, 0) is 38.5 Å². The number of carbonyl (C=O) groups excluding carboxylic acids is 1. The van der Waals surface area contributed by atoms with E-state index >= 15 is 0 Å². The highest BCUT2D eigenvalue weighted by Crippen LogP contribution is 2.23. The van der Waals surface area contributed by atoms with E-state index in [2.05, 4.69) is 27.8 Å². The van der Waals surface area contributed by atoms with Gasteiger partial charge in [0.1, 0.15) is 5.60 Å². The van der Waals surface area contributed by atoms with E-state index in [1.165, 1.54) is 0 Å². The first-order valence-corrected chi connectivity index (χ1v) is 6.03. The highest BCUT2D eigenvalue weighted by molar-refractivity contribution is 9.10. The first-order chi connectivity index (χ1) is 7.81. The van der Waals surface area contributed by atoms with Crippen LogP contribution in [0.15, 0.2) is 29.3 Å². The molecule has 3 nitrogen and oxygen atoms in total. The van der Waals surface area contributed by atoms with Crippen molar-refractivity contribution in [3.8, 4) is 0 Å². The molecule has 92 valence electrons. The van der Waals surface area contributed by atoms with Gasteiger partial charge in [-0.25, -0.2) is 4.79 Å². The van der Waals surface area contributed by atoms with Crippen LogP contribution in [0.3, 0.4) is 0 Å². The van der Waals surface area contributed by atoms with Crippen LogP contribution in [0.1, 0.15) is 26.3 Å². The summed E-state index contributed by atoms with van der Waals surface area (Å²) >= 11 is 3.35. The van der Waals surface area contributed by atoms with Crippen molar-refractivity contribution in [2.75, 3.05) is 5.32 Å². The molecule has 0 aliphatic rings. The van der Waals surface area contributed by atoms with E-state index in [1.807, 2.05) is 32.9 Å². The molecule has 0 unspecified atom stereocenters. The van der Waals surface area contributed by atoms with Crippen LogP contribution in [-0.4, -0.2) is 11.7 Å². The summed E-state index contributed by atoms with van der Waals surface area (Å²) in [5.74, 6) is 0. The molecule has 0 heterocycles. The van der Waals surface area contributed by atoms with E-state index in [4.69, 9.17) is 4.74 Å². The highest BCUT2D eigenvalue weighted by Gasteiger charge is 2.16. The average molecular weight is 298 g/mol. The lowest BCUT2D eigenvalue weighted by atomic mass is 10.2. The molecule has 1 aromatic carbocycles. The maximum atomic E-state index is 11.6. The SMILES string of the molecule is C=Cc1ccc(Br)cc1NC(=O)OC(C)(C)C. The van der Waals surface area contributed by atoms with Crippen LogP contribution in [0.2, 0.25) is 0 Å². The molecule has 0 aromatic heterocycles. The van der Waals surface area contributed by atoms with E-state index in [9.17, 15) is 4.79 Å². The van der Waals surface area contributed by atoms with Crippen molar-refractivity contribution in [3.05, 3.63) is 34.8 Å². The molecule has 0 saturated heterocycles. The molecule has 1 N–H and O–H groups in total. The molecule has 0 atom stereocenters. The first kappa shape index (κ1) is 13.8. The van der Waals surface area contributed by atoms with Crippen molar-refractivity contribution in [3.63, 3.8) is 0 Å². The van der Waals surface area contributed by atoms with Crippen LogP contribution in [0, 0.1) is 0 Å². The van der Waals surface area contributed by atoms with E-state index in [1.54, 1.807) is 12.1 Å². The van der Waals surface area contributed by atoms with Gasteiger partial charge in [-0.2, -0.15) is 0 Å². The number of benzene rings is 1. The van der Waals surface area contributed by atoms with Gasteiger partial charge in [0.05, 0.1) is 5.69 Å². The van der Waals surface area contributed by atoms with Crippen LogP contribution >= 0.6 is 15.9 Å². The normalized spacial score (nSPS) is 10.8. The van der Waals surface area contributed by atoms with E-state index in [-0.39, 0.29) is 0 Å². The van der Waals surface area contributed by atoms with E-state index in [0.29, 0.717) is 5.69 Å². The molecule has 0 aliphatic heterocycles. The molecule has 1 amide bonds. The topological polar surface area (TPSA) is 38.3 Å². The maximum Gasteiger partial charge on any atom is 0.412 e. The summed E-state index contributed by atoms with van der Waals surface area (Å²) in [6.07, 6.45) is 1.21. The fourth-order valence-corrected chi connectivity index (χ4v) is 1.59. The number of halogens is 1. The van der Waals surface area contributed by atoms with Gasteiger partial charge in [0.25, 0.3) is 0 Å². The lowest BCUT2D eigenvalue weighted by molar-refractivity contribution is 0.0636. The number of nitrogens with one attached hydrogen (secondary N) is 1. The maximum absolute atomic E-state index is 11.6. The molecule has 1 aromatic rings. The van der Waals surface area contributed by atoms with Gasteiger partial charge in [-0.3, -0.25) is 5.32 Å². The zero-order valence-corrected chi connectivity index (χ0v) is 11.8. The number of rotatable bonds is 2. The van der Waals surface area contributed by atoms with Crippen molar-refractivity contribution >= 4 is 33.8 Å². The van der Waals surface area contributed by atoms with Gasteiger partial charge in [0.2, 0.25) is 0 Å². The molecular weight excluding hydrogens is 282 g/mol. The Morgan fingerprint density at radius 2 is 2.12 bits per heavy atom. The highest BCUT2D eigenvalue weighted by atomic mass is 79.9. The summed E-state index contributed by atoms with van der Waals surface area (Å²) in [5, 5.41) is 2.70. The predicted octanol–water partition coefficient (Wildman–Crippen LogP) is 4.44. The second kappa shape index (κ2) is 5.36. The summed E-state index contributed by atoms with van der Waals surface area (Å²) in [4.78, 5) is 11.6. The molecule has 0 fully saturated rings. The largest absolute Gasteiger partial charge is 0.444 e. The smallest absolute Gasteiger partial charge is 0.412 e. The van der Waals surface area contributed by atoms with Gasteiger partial charge < -0.3 is 4.74 Å². The fraction of sp³-hybridized carbons (Fsp3) is 0.308. The van der Waals surface area contributed by atoms with Gasteiger partial charge in [-0.15, -0.1) is 0 Å². The third kappa shape index (κ3) is 4.61. The predicted molar refractivity (Wildman–Crippen MR) is 74.1 cm³/mol. The second-order valence-electron chi connectivity index (χ2n) is 4.56. The van der Waals surface area contributed by atoms with Crippen LogP contribution < -0.4 is 5.32 Å². The van der Waals surface area contributed by atoms with Crippen LogP contribution in [0.25, 0.3) is 6.08 Å². The Bertz CT molecular complexity index is 436. The zero-order chi connectivity index (χ0) is 13.1. The third-order valence-electron chi connectivity index (χ3n) is 1.87. The number of ether oxygens (including phenoxy) is 1. The van der Waals surface area contributed by atoms with Crippen LogP contribution in [-0.2, 0) is 4.74 Å². The lowest BCUT2D eigenvalue weighted by Crippen LogP contribution is -2.27. The number of hydrogen-bond donors (Lipinski definition) is 1. The van der Waals surface area contributed by atoms with Crippen molar-refractivity contribution in [2.24, 2.45) is 0 Å². The van der Waals surface area contributed by atoms with Gasteiger partial charge in [-0.1, -0.05) is 34.7 Å². The van der Waals surface area contributed by atoms with Crippen molar-refractivity contribution < 1.29 is 9.53 Å². The molecule has 17 heavy (non-hydrogen) atoms. The molecular formula is C13H16BrNO2. The van der Waals surface area contributed by atoms with Gasteiger partial charge in [0, 0.05) is 4.47 Å². The standard InChI is InChI=1S/C13H16BrNO2/c1-5-9-6-7-10(14)8-11(9)15-12(16)17-13(2,3)4/h5-8H,1H2,2-4H3,(H,15,16). The van der Waals surface area contributed by atoms with Crippen molar-refractivity contribution in [2.45, 2.75) is 26.4 Å². The minimum atomic E-state index is -0.509. The second-order valence-corrected chi connectivity index (χ2v) is 5.48. The Hall–Kier alpha value is -1.29. The molecule has 0 bridgehead atoms. The molecule has 0 spiro atoms. The van der Waals surface area contributed by atoms with Crippen molar-refractivity contribution in [1.82, 2.24) is 0 Å². The first-order valence-electron chi connectivity index (χ1n) is 5.24. The third-order valence-corrected chi connectivity index (χ3v) is 2.36. The monoisotopic (exact) mass is 297 g/mol. The average Bonchev–Trinajstić information content (AvgIpc) is 2.14. The fourth-order valence-electron chi connectivity index (χ4n) is 1.23. The Kier molecular flexibility index (Phi) is 4.34. The number of hydrogen-bond acceptors (Lipinski definition) is 2. The van der Waals surface area contributed by atoms with E-state index < -0.39 is 11.7 Å². The lowest BCUT2D eigenvalue weighted by Gasteiger charge is -2.20. The minimum absolute atomic E-state index is 0.473. The minimum Gasteiger partial charge on any atom is -0.444 e. The zero-order valence-electron chi connectivity index (χ0n) is 10.2. The Morgan fingerprint density at radius 1 is 1.47 bits per heavy atom. The van der Waals surface area contributed by atoms with Gasteiger partial charge >= 0.3 is 6.09 Å². The summed E-state index contributed by atoms with van der Waals surface area (Å²) < 4.78 is 6.06. The number of carbonyl (C=O) groups is 1. The quantitative estimate of drug-likeness (QED) is 0.876. The molecule has 0 radical (unpaired) electrons. The Labute approximate surface area is 110 Å². The van der Waals surface area contributed by atoms with Crippen LogP contribution in [0.5, 0.6) is 0 Å². The molecule has 0 saturated carbocycles. The van der Waals surface area contributed by atoms with Crippen molar-refractivity contribution in [1.29, 1.82) is 0 Å². The summed E-state index contributed by atoms with van der Waals surface area (Å²) in [6, 6.07) is 5.56. The summed E-state index contributed by atoms with van der Waals surface area (Å²) in [7, 11) is 0. The van der Waals surface area contributed by atoms with Gasteiger partial charge in [0.15, 0.2) is 0 Å². The molecule has 1 rings (SSSR count). The molecule has 0 aliphatic carbocycles. The number of amides is 1. The van der Waals surface area contributed by atoms with E-state index in [0.717, 1.165) is 10.0 Å². The number of anilines is 1. The Morgan fingerprint density at radius 3 is 2.65 bits per heavy atom. The Balaban J connectivity index is 2.84.